The van der Waals surface area contributed by atoms with Crippen LogP contribution in [0.25, 0.3) is 6.08 Å². The molecule has 4 nitrogen and oxygen atoms in total. The smallest absolute Gasteiger partial charge is 0.165 e. The lowest BCUT2D eigenvalue weighted by molar-refractivity contribution is -0.130. The summed E-state index contributed by atoms with van der Waals surface area (Å²) in [5.74, 6) is 2.06. The largest absolute Gasteiger partial charge is 0.393 e. The summed E-state index contributed by atoms with van der Waals surface area (Å²) >= 11 is 0. The lowest BCUT2D eigenvalue weighted by Crippen LogP contribution is -2.50. The molecule has 6 atom stereocenters. The first kappa shape index (κ1) is 20.2. The van der Waals surface area contributed by atoms with Crippen molar-refractivity contribution < 1.29 is 9.90 Å². The molecule has 0 amide bonds. The molecular weight excluding hydrogens is 372 g/mol. The molecule has 1 aromatic rings. The zero-order valence-electron chi connectivity index (χ0n) is 18.9. The van der Waals surface area contributed by atoms with Crippen LogP contribution >= 0.6 is 0 Å². The van der Waals surface area contributed by atoms with Gasteiger partial charge in [0.2, 0.25) is 0 Å². The zero-order chi connectivity index (χ0) is 21.3. The van der Waals surface area contributed by atoms with E-state index in [0.717, 1.165) is 68.3 Å². The lowest BCUT2D eigenvalue weighted by Gasteiger charge is -2.56. The average Bonchev–Trinajstić information content (AvgIpc) is 3.20. The summed E-state index contributed by atoms with van der Waals surface area (Å²) in [6, 6.07) is 0. The van der Waals surface area contributed by atoms with Crippen molar-refractivity contribution in [2.45, 2.75) is 85.3 Å². The predicted octanol–water partition coefficient (Wildman–Crippen LogP) is 5.10. The van der Waals surface area contributed by atoms with Crippen LogP contribution in [-0.2, 0) is 11.3 Å². The molecule has 162 valence electrons. The molecule has 4 aliphatic rings. The Kier molecular flexibility index (Phi) is 4.66. The first-order chi connectivity index (χ1) is 14.3. The number of aryl methyl sites for hydroxylation is 1. The van der Waals surface area contributed by atoms with Crippen LogP contribution < -0.4 is 0 Å². The number of aliphatic hydroxyl groups is 1. The summed E-state index contributed by atoms with van der Waals surface area (Å²) in [6.45, 7) is 9.74. The van der Waals surface area contributed by atoms with E-state index in [0.29, 0.717) is 23.5 Å². The van der Waals surface area contributed by atoms with Crippen molar-refractivity contribution in [3.63, 3.8) is 0 Å². The molecule has 0 aliphatic heterocycles. The van der Waals surface area contributed by atoms with E-state index in [-0.39, 0.29) is 16.9 Å². The highest BCUT2D eigenvalue weighted by Gasteiger charge is 2.59. The van der Waals surface area contributed by atoms with Crippen molar-refractivity contribution in [2.75, 3.05) is 0 Å². The minimum atomic E-state index is -0.211. The molecule has 0 aromatic carbocycles. The van der Waals surface area contributed by atoms with Gasteiger partial charge in [0, 0.05) is 23.2 Å². The van der Waals surface area contributed by atoms with E-state index >= 15 is 0 Å². The molecule has 0 radical (unpaired) electrons. The topological polar surface area (TPSA) is 55.1 Å². The van der Waals surface area contributed by atoms with E-state index < -0.39 is 0 Å². The molecule has 3 saturated carbocycles. The summed E-state index contributed by atoms with van der Waals surface area (Å²) in [6.07, 6.45) is 13.3. The van der Waals surface area contributed by atoms with Gasteiger partial charge in [-0.2, -0.15) is 5.10 Å². The second kappa shape index (κ2) is 6.91. The van der Waals surface area contributed by atoms with E-state index in [1.54, 1.807) is 0 Å². The highest BCUT2D eigenvalue weighted by Crippen LogP contribution is 2.64. The van der Waals surface area contributed by atoms with Crippen LogP contribution in [0.4, 0.5) is 0 Å². The predicted molar refractivity (Wildman–Crippen MR) is 119 cm³/mol. The van der Waals surface area contributed by atoms with Crippen LogP contribution in [0.5, 0.6) is 0 Å². The van der Waals surface area contributed by atoms with Crippen LogP contribution in [0.15, 0.2) is 23.4 Å². The normalized spacial score (nSPS) is 42.0. The molecule has 4 aliphatic carbocycles. The number of hydrogen-bond donors (Lipinski definition) is 1. The zero-order valence-corrected chi connectivity index (χ0v) is 18.9. The third-order valence-electron chi connectivity index (χ3n) is 9.49. The van der Waals surface area contributed by atoms with E-state index in [1.165, 1.54) is 5.57 Å². The first-order valence-electron chi connectivity index (χ1n) is 11.9. The van der Waals surface area contributed by atoms with Crippen LogP contribution in [0.1, 0.15) is 77.0 Å². The number of nitrogens with zero attached hydrogens (tertiary/aromatic N) is 2. The van der Waals surface area contributed by atoms with Gasteiger partial charge in [-0.3, -0.25) is 9.48 Å². The van der Waals surface area contributed by atoms with Crippen LogP contribution in [-0.4, -0.2) is 26.8 Å². The monoisotopic (exact) mass is 408 g/mol. The number of carbonyl (C=O) groups is 1. The van der Waals surface area contributed by atoms with Gasteiger partial charge < -0.3 is 5.11 Å². The summed E-state index contributed by atoms with van der Waals surface area (Å²) in [4.78, 5) is 13.6. The third kappa shape index (κ3) is 2.75. The van der Waals surface area contributed by atoms with Gasteiger partial charge in [0.05, 0.1) is 12.3 Å². The number of ketones is 1. The maximum Gasteiger partial charge on any atom is 0.165 e. The van der Waals surface area contributed by atoms with Crippen LogP contribution in [0.2, 0.25) is 0 Å². The molecule has 1 N–H and O–H groups in total. The van der Waals surface area contributed by atoms with E-state index in [9.17, 15) is 9.90 Å². The van der Waals surface area contributed by atoms with Crippen LogP contribution in [0.3, 0.4) is 0 Å². The summed E-state index contributed by atoms with van der Waals surface area (Å²) in [5.41, 5.74) is 4.76. The summed E-state index contributed by atoms with van der Waals surface area (Å²) < 4.78 is 2.00. The Hall–Kier alpha value is -1.68. The summed E-state index contributed by atoms with van der Waals surface area (Å²) in [5, 5.41) is 14.7. The Morgan fingerprint density at radius 3 is 2.70 bits per heavy atom. The van der Waals surface area contributed by atoms with Gasteiger partial charge in [-0.25, -0.2) is 0 Å². The van der Waals surface area contributed by atoms with E-state index in [1.807, 2.05) is 10.9 Å². The molecule has 1 aromatic heterocycles. The lowest BCUT2D eigenvalue weighted by atomic mass is 9.48. The maximum atomic E-state index is 13.6. The fourth-order valence-corrected chi connectivity index (χ4v) is 7.55. The van der Waals surface area contributed by atoms with E-state index in [4.69, 9.17) is 0 Å². The highest BCUT2D eigenvalue weighted by molar-refractivity contribution is 6.06. The second-order valence-electron chi connectivity index (χ2n) is 10.8. The molecule has 1 unspecified atom stereocenters. The van der Waals surface area contributed by atoms with Crippen LogP contribution in [0, 0.1) is 35.5 Å². The van der Waals surface area contributed by atoms with Gasteiger partial charge in [0.25, 0.3) is 0 Å². The van der Waals surface area contributed by atoms with Crippen molar-refractivity contribution in [1.82, 2.24) is 9.78 Å². The third-order valence-corrected chi connectivity index (χ3v) is 9.49. The van der Waals surface area contributed by atoms with Gasteiger partial charge in [-0.05, 0) is 93.6 Å². The Morgan fingerprint density at radius 2 is 1.97 bits per heavy atom. The van der Waals surface area contributed by atoms with Gasteiger partial charge in [0.15, 0.2) is 5.78 Å². The molecule has 4 heteroatoms. The number of carbonyl (C=O) groups excluding carboxylic acids is 1. The Morgan fingerprint density at radius 1 is 1.20 bits per heavy atom. The molecule has 1 heterocycles. The second-order valence-corrected chi connectivity index (χ2v) is 10.8. The van der Waals surface area contributed by atoms with Gasteiger partial charge in [-0.15, -0.1) is 0 Å². The standard InChI is InChI=1S/C26H36N2O2/c1-5-28-16(2)18(15-27-28)12-17-13-23-21-7-6-19-14-20(29)8-10-25(19,3)22(21)9-11-26(23,4)24(17)30/h6,12,15,20-23,29H,5,7-11,13-14H2,1-4H3/b17-12-/t20?,21-,22+,23+,25+,26+/m1/s1. The minimum absolute atomic E-state index is 0.162. The molecule has 30 heavy (non-hydrogen) atoms. The van der Waals surface area contributed by atoms with Crippen molar-refractivity contribution >= 4 is 11.9 Å². The fraction of sp³-hybridized carbons (Fsp3) is 0.692. The van der Waals surface area contributed by atoms with Gasteiger partial charge in [-0.1, -0.05) is 25.5 Å². The number of hydrogen-bond acceptors (Lipinski definition) is 3. The number of allylic oxidation sites excluding steroid dienone is 2. The van der Waals surface area contributed by atoms with Crippen molar-refractivity contribution in [2.24, 2.45) is 28.6 Å². The van der Waals surface area contributed by atoms with Crippen molar-refractivity contribution in [3.05, 3.63) is 34.7 Å². The molecule has 0 saturated heterocycles. The Balaban J connectivity index is 1.48. The minimum Gasteiger partial charge on any atom is -0.393 e. The van der Waals surface area contributed by atoms with Crippen molar-refractivity contribution in [1.29, 1.82) is 0 Å². The quantitative estimate of drug-likeness (QED) is 0.547. The Bertz CT molecular complexity index is 941. The molecule has 0 bridgehead atoms. The molecule has 0 spiro atoms. The Labute approximate surface area is 180 Å². The first-order valence-corrected chi connectivity index (χ1v) is 11.9. The maximum absolute atomic E-state index is 13.6. The van der Waals surface area contributed by atoms with Gasteiger partial charge in [0.1, 0.15) is 0 Å². The fourth-order valence-electron chi connectivity index (χ4n) is 7.55. The molecular formula is C26H36N2O2. The van der Waals surface area contributed by atoms with Gasteiger partial charge >= 0.3 is 0 Å². The SMILES string of the molecule is CCn1ncc(/C=C2/C[C@H]3[C@@H]4CC=C5CC(O)CC[C@]5(C)[C@H]4CC[C@]3(C)C2=O)c1C. The van der Waals surface area contributed by atoms with Crippen molar-refractivity contribution in [3.8, 4) is 0 Å². The number of rotatable bonds is 2. The number of fused-ring (bicyclic) bond motifs is 5. The number of Topliss-reactive ketones (excluding diaryl/α,β-unsaturated/α-hetero) is 1. The number of aromatic nitrogens is 2. The summed E-state index contributed by atoms with van der Waals surface area (Å²) in [7, 11) is 0. The molecule has 3 fully saturated rings. The highest BCUT2D eigenvalue weighted by atomic mass is 16.3. The van der Waals surface area contributed by atoms with E-state index in [2.05, 4.69) is 44.9 Å². The molecule has 5 rings (SSSR count). The average molecular weight is 409 g/mol. The number of aliphatic hydroxyl groups excluding tert-OH is 1.